The molecular formula is C14H18FNO. The van der Waals surface area contributed by atoms with Gasteiger partial charge in [0, 0.05) is 13.0 Å². The van der Waals surface area contributed by atoms with Gasteiger partial charge >= 0.3 is 0 Å². The Kier molecular flexibility index (Phi) is 4.26. The van der Waals surface area contributed by atoms with E-state index in [0.717, 1.165) is 19.6 Å². The monoisotopic (exact) mass is 235 g/mol. The molecule has 92 valence electrons. The van der Waals surface area contributed by atoms with Gasteiger partial charge in [-0.1, -0.05) is 18.6 Å². The Hall–Kier alpha value is -1.22. The normalized spacial score (nSPS) is 17.0. The maximum Gasteiger partial charge on any atom is 0.167 e. The van der Waals surface area contributed by atoms with Crippen molar-refractivity contribution in [1.82, 2.24) is 4.90 Å². The van der Waals surface area contributed by atoms with E-state index < -0.39 is 5.82 Å². The molecule has 1 aliphatic heterocycles. The molecule has 1 heterocycles. The van der Waals surface area contributed by atoms with Crippen LogP contribution in [0.1, 0.15) is 36.0 Å². The fourth-order valence-electron chi connectivity index (χ4n) is 2.26. The lowest BCUT2D eigenvalue weighted by Crippen LogP contribution is -2.31. The summed E-state index contributed by atoms with van der Waals surface area (Å²) in [6.45, 7) is 2.91. The number of hydrogen-bond acceptors (Lipinski definition) is 2. The van der Waals surface area contributed by atoms with Crippen LogP contribution in [0.2, 0.25) is 0 Å². The molecule has 0 aliphatic carbocycles. The zero-order valence-electron chi connectivity index (χ0n) is 9.99. The molecule has 1 aromatic carbocycles. The average Bonchev–Trinajstić information content (AvgIpc) is 2.38. The minimum atomic E-state index is -0.406. The van der Waals surface area contributed by atoms with Crippen molar-refractivity contribution in [3.63, 3.8) is 0 Å². The van der Waals surface area contributed by atoms with Crippen LogP contribution in [0.5, 0.6) is 0 Å². The first-order valence-electron chi connectivity index (χ1n) is 6.27. The number of benzene rings is 1. The third kappa shape index (κ3) is 3.37. The van der Waals surface area contributed by atoms with E-state index in [4.69, 9.17) is 0 Å². The molecule has 2 nitrogen and oxygen atoms in total. The first-order chi connectivity index (χ1) is 8.27. The summed E-state index contributed by atoms with van der Waals surface area (Å²) in [7, 11) is 0. The van der Waals surface area contributed by atoms with Gasteiger partial charge in [-0.2, -0.15) is 0 Å². The Morgan fingerprint density at radius 2 is 1.88 bits per heavy atom. The lowest BCUT2D eigenvalue weighted by Gasteiger charge is -2.25. The number of Topliss-reactive ketones (excluding diaryl/α,β-unsaturated/α-hetero) is 1. The van der Waals surface area contributed by atoms with E-state index in [0.29, 0.717) is 6.42 Å². The summed E-state index contributed by atoms with van der Waals surface area (Å²) in [6, 6.07) is 6.22. The average molecular weight is 235 g/mol. The largest absolute Gasteiger partial charge is 0.303 e. The molecule has 1 aromatic rings. The Bertz CT molecular complexity index is 386. The third-order valence-electron chi connectivity index (χ3n) is 3.28. The van der Waals surface area contributed by atoms with Gasteiger partial charge in [0.25, 0.3) is 0 Å². The Morgan fingerprint density at radius 3 is 2.59 bits per heavy atom. The highest BCUT2D eigenvalue weighted by molar-refractivity contribution is 5.96. The molecule has 0 bridgehead atoms. The van der Waals surface area contributed by atoms with E-state index in [1.165, 1.54) is 25.3 Å². The van der Waals surface area contributed by atoms with Crippen molar-refractivity contribution in [2.45, 2.75) is 25.7 Å². The van der Waals surface area contributed by atoms with E-state index in [-0.39, 0.29) is 11.3 Å². The number of nitrogens with zero attached hydrogens (tertiary/aromatic N) is 1. The van der Waals surface area contributed by atoms with Crippen molar-refractivity contribution in [3.8, 4) is 0 Å². The van der Waals surface area contributed by atoms with Gasteiger partial charge in [0.05, 0.1) is 5.56 Å². The molecule has 1 saturated heterocycles. The first kappa shape index (κ1) is 12.2. The summed E-state index contributed by atoms with van der Waals surface area (Å²) in [5, 5.41) is 0. The molecule has 0 spiro atoms. The van der Waals surface area contributed by atoms with Crippen LogP contribution in [-0.2, 0) is 0 Å². The van der Waals surface area contributed by atoms with Crippen molar-refractivity contribution in [2.75, 3.05) is 19.6 Å². The van der Waals surface area contributed by atoms with Crippen molar-refractivity contribution in [3.05, 3.63) is 35.6 Å². The number of likely N-dealkylation sites (tertiary alicyclic amines) is 1. The summed E-state index contributed by atoms with van der Waals surface area (Å²) in [5.41, 5.74) is 0.226. The van der Waals surface area contributed by atoms with Crippen LogP contribution in [0.15, 0.2) is 24.3 Å². The molecule has 0 N–H and O–H groups in total. The van der Waals surface area contributed by atoms with Crippen LogP contribution >= 0.6 is 0 Å². The van der Waals surface area contributed by atoms with Gasteiger partial charge in [-0.25, -0.2) is 4.39 Å². The predicted molar refractivity (Wildman–Crippen MR) is 65.6 cm³/mol. The molecular weight excluding hydrogens is 217 g/mol. The minimum Gasteiger partial charge on any atom is -0.303 e. The number of carbonyl (C=O) groups excluding carboxylic acids is 1. The van der Waals surface area contributed by atoms with E-state index in [1.807, 2.05) is 0 Å². The molecule has 1 fully saturated rings. The van der Waals surface area contributed by atoms with Crippen molar-refractivity contribution < 1.29 is 9.18 Å². The van der Waals surface area contributed by atoms with Gasteiger partial charge in [0.2, 0.25) is 0 Å². The second-order valence-corrected chi connectivity index (χ2v) is 4.56. The Balaban J connectivity index is 1.87. The highest BCUT2D eigenvalue weighted by Crippen LogP contribution is 2.12. The predicted octanol–water partition coefficient (Wildman–Crippen LogP) is 2.88. The first-order valence-corrected chi connectivity index (χ1v) is 6.27. The standard InChI is InChI=1S/C14H18FNO/c15-13-7-3-2-6-12(13)14(17)8-11-16-9-4-1-5-10-16/h2-3,6-7H,1,4-5,8-11H2. The van der Waals surface area contributed by atoms with Gasteiger partial charge in [-0.05, 0) is 38.1 Å². The summed E-state index contributed by atoms with van der Waals surface area (Å²) < 4.78 is 13.4. The van der Waals surface area contributed by atoms with Gasteiger partial charge in [-0.15, -0.1) is 0 Å². The topological polar surface area (TPSA) is 20.3 Å². The fraction of sp³-hybridized carbons (Fsp3) is 0.500. The van der Waals surface area contributed by atoms with Gasteiger partial charge in [-0.3, -0.25) is 4.79 Å². The number of halogens is 1. The maximum atomic E-state index is 13.4. The fourth-order valence-corrected chi connectivity index (χ4v) is 2.26. The second kappa shape index (κ2) is 5.92. The number of hydrogen-bond donors (Lipinski definition) is 0. The van der Waals surface area contributed by atoms with Crippen LogP contribution in [-0.4, -0.2) is 30.3 Å². The minimum absolute atomic E-state index is 0.0892. The van der Waals surface area contributed by atoms with E-state index in [9.17, 15) is 9.18 Å². The van der Waals surface area contributed by atoms with Crippen LogP contribution < -0.4 is 0 Å². The Labute approximate surface area is 101 Å². The quantitative estimate of drug-likeness (QED) is 0.748. The molecule has 0 saturated carbocycles. The lowest BCUT2D eigenvalue weighted by atomic mass is 10.1. The van der Waals surface area contributed by atoms with Gasteiger partial charge in [0.15, 0.2) is 5.78 Å². The molecule has 1 aliphatic rings. The van der Waals surface area contributed by atoms with Gasteiger partial charge < -0.3 is 4.90 Å². The van der Waals surface area contributed by atoms with E-state index >= 15 is 0 Å². The summed E-state index contributed by atoms with van der Waals surface area (Å²) in [6.07, 6.45) is 4.14. The highest BCUT2D eigenvalue weighted by Gasteiger charge is 2.14. The van der Waals surface area contributed by atoms with Crippen molar-refractivity contribution in [1.29, 1.82) is 0 Å². The molecule has 2 rings (SSSR count). The SMILES string of the molecule is O=C(CCN1CCCCC1)c1ccccc1F. The van der Waals surface area contributed by atoms with Crippen molar-refractivity contribution >= 4 is 5.78 Å². The number of piperidine rings is 1. The number of rotatable bonds is 4. The van der Waals surface area contributed by atoms with Crippen LogP contribution in [0.25, 0.3) is 0 Å². The molecule has 0 unspecified atom stereocenters. The molecule has 17 heavy (non-hydrogen) atoms. The third-order valence-corrected chi connectivity index (χ3v) is 3.28. The maximum absolute atomic E-state index is 13.4. The molecule has 3 heteroatoms. The smallest absolute Gasteiger partial charge is 0.167 e. The van der Waals surface area contributed by atoms with Gasteiger partial charge in [0.1, 0.15) is 5.82 Å². The second-order valence-electron chi connectivity index (χ2n) is 4.56. The van der Waals surface area contributed by atoms with Crippen LogP contribution in [0, 0.1) is 5.82 Å². The van der Waals surface area contributed by atoms with Crippen molar-refractivity contribution in [2.24, 2.45) is 0 Å². The molecule has 0 aromatic heterocycles. The summed E-state index contributed by atoms with van der Waals surface area (Å²) >= 11 is 0. The van der Waals surface area contributed by atoms with E-state index in [2.05, 4.69) is 4.90 Å². The molecule has 0 atom stereocenters. The summed E-state index contributed by atoms with van der Waals surface area (Å²) in [4.78, 5) is 14.1. The number of carbonyl (C=O) groups is 1. The Morgan fingerprint density at radius 1 is 1.18 bits per heavy atom. The zero-order chi connectivity index (χ0) is 12.1. The van der Waals surface area contributed by atoms with E-state index in [1.54, 1.807) is 18.2 Å². The summed E-state index contributed by atoms with van der Waals surface area (Å²) in [5.74, 6) is -0.496. The number of ketones is 1. The lowest BCUT2D eigenvalue weighted by molar-refractivity contribution is 0.0955. The zero-order valence-corrected chi connectivity index (χ0v) is 9.99. The molecule has 0 amide bonds. The van der Waals surface area contributed by atoms with Crippen LogP contribution in [0.4, 0.5) is 4.39 Å². The highest BCUT2D eigenvalue weighted by atomic mass is 19.1. The molecule has 0 radical (unpaired) electrons. The van der Waals surface area contributed by atoms with Crippen LogP contribution in [0.3, 0.4) is 0 Å².